The van der Waals surface area contributed by atoms with E-state index in [0.717, 1.165) is 12.1 Å². The first-order valence-corrected chi connectivity index (χ1v) is 9.86. The van der Waals surface area contributed by atoms with Gasteiger partial charge in [-0.15, -0.1) is 0 Å². The second kappa shape index (κ2) is 7.44. The van der Waals surface area contributed by atoms with Gasteiger partial charge in [0, 0.05) is 16.1 Å². The van der Waals surface area contributed by atoms with Crippen molar-refractivity contribution in [3.8, 4) is 11.3 Å². The minimum absolute atomic E-state index is 0.0545. The fraction of sp³-hybridized carbons (Fsp3) is 0. The molecule has 0 saturated carbocycles. The summed E-state index contributed by atoms with van der Waals surface area (Å²) in [5.41, 5.74) is -0.255. The van der Waals surface area contributed by atoms with Gasteiger partial charge in [0.1, 0.15) is 5.76 Å². The Morgan fingerprint density at radius 1 is 1.14 bits per heavy atom. The van der Waals surface area contributed by atoms with Crippen molar-refractivity contribution in [2.45, 2.75) is 4.90 Å². The van der Waals surface area contributed by atoms with Gasteiger partial charge in [0.2, 0.25) is 5.76 Å². The molecule has 3 aromatic rings. The Morgan fingerprint density at radius 3 is 2.50 bits per heavy atom. The molecule has 0 amide bonds. The summed E-state index contributed by atoms with van der Waals surface area (Å²) in [6.07, 6.45) is 0. The van der Waals surface area contributed by atoms with Gasteiger partial charge in [0.25, 0.3) is 15.7 Å². The summed E-state index contributed by atoms with van der Waals surface area (Å²) in [4.78, 5) is 20.9. The van der Waals surface area contributed by atoms with Crippen molar-refractivity contribution < 1.29 is 27.7 Å². The number of aromatic carboxylic acids is 1. The summed E-state index contributed by atoms with van der Waals surface area (Å²) in [6.45, 7) is 0. The molecule has 0 aliphatic rings. The Morgan fingerprint density at radius 2 is 1.86 bits per heavy atom. The Bertz CT molecular complexity index is 1190. The molecule has 0 aliphatic heterocycles. The van der Waals surface area contributed by atoms with Gasteiger partial charge in [0.05, 0.1) is 10.6 Å². The number of nitrogens with zero attached hydrogens (tertiary/aromatic N) is 1. The highest BCUT2D eigenvalue weighted by molar-refractivity contribution is 9.10. The highest BCUT2D eigenvalue weighted by Gasteiger charge is 2.26. The molecule has 0 spiro atoms. The molecule has 144 valence electrons. The van der Waals surface area contributed by atoms with E-state index in [4.69, 9.17) is 9.52 Å². The predicted octanol–water partition coefficient (Wildman–Crippen LogP) is 4.12. The number of hydrogen-bond donors (Lipinski definition) is 2. The molecule has 0 saturated heterocycles. The first-order chi connectivity index (χ1) is 13.2. The van der Waals surface area contributed by atoms with E-state index >= 15 is 0 Å². The molecule has 11 heteroatoms. The quantitative estimate of drug-likeness (QED) is 0.411. The lowest BCUT2D eigenvalue weighted by Gasteiger charge is -2.12. The number of furan rings is 1. The van der Waals surface area contributed by atoms with Crippen molar-refractivity contribution in [1.82, 2.24) is 0 Å². The Kier molecular flexibility index (Phi) is 5.21. The molecule has 0 bridgehead atoms. The van der Waals surface area contributed by atoms with Crippen molar-refractivity contribution in [3.63, 3.8) is 0 Å². The number of nitrogens with one attached hydrogen (secondary N) is 1. The van der Waals surface area contributed by atoms with Gasteiger partial charge in [-0.1, -0.05) is 28.1 Å². The van der Waals surface area contributed by atoms with Gasteiger partial charge in [-0.05, 0) is 36.4 Å². The summed E-state index contributed by atoms with van der Waals surface area (Å²) >= 11 is 3.23. The molecular weight excluding hydrogens is 456 g/mol. The molecule has 28 heavy (non-hydrogen) atoms. The topological polar surface area (TPSA) is 140 Å². The lowest BCUT2D eigenvalue weighted by atomic mass is 10.1. The zero-order valence-corrected chi connectivity index (χ0v) is 16.2. The minimum atomic E-state index is -4.32. The van der Waals surface area contributed by atoms with Gasteiger partial charge in [-0.2, -0.15) is 0 Å². The van der Waals surface area contributed by atoms with Crippen molar-refractivity contribution in [3.05, 3.63) is 74.9 Å². The van der Waals surface area contributed by atoms with Crippen LogP contribution in [0.4, 0.5) is 11.4 Å². The number of halogens is 1. The standard InChI is InChI=1S/C17H11BrN2O7S/c18-10-5-6-11(14-7-8-15(27-14)17(21)22)12(9-10)19-28(25,26)16-4-2-1-3-13(16)20(23)24/h1-9,19H,(H,21,22). The Labute approximate surface area is 166 Å². The maximum atomic E-state index is 12.8. The number of rotatable bonds is 6. The molecule has 0 radical (unpaired) electrons. The van der Waals surface area contributed by atoms with Crippen LogP contribution in [0.25, 0.3) is 11.3 Å². The summed E-state index contributed by atoms with van der Waals surface area (Å²) in [6, 6.07) is 12.1. The highest BCUT2D eigenvalue weighted by atomic mass is 79.9. The molecule has 9 nitrogen and oxygen atoms in total. The zero-order valence-electron chi connectivity index (χ0n) is 13.8. The fourth-order valence-electron chi connectivity index (χ4n) is 2.45. The first-order valence-electron chi connectivity index (χ1n) is 7.58. The van der Waals surface area contributed by atoms with Gasteiger partial charge in [-0.25, -0.2) is 13.2 Å². The SMILES string of the molecule is O=C(O)c1ccc(-c2ccc(Br)cc2NS(=O)(=O)c2ccccc2[N+](=O)[O-])o1. The van der Waals surface area contributed by atoms with Crippen LogP contribution in [0, 0.1) is 10.1 Å². The molecule has 0 atom stereocenters. The molecular formula is C17H11BrN2O7S. The van der Waals surface area contributed by atoms with Crippen molar-refractivity contribution in [2.75, 3.05) is 4.72 Å². The molecule has 2 N–H and O–H groups in total. The molecule has 3 rings (SSSR count). The second-order valence-electron chi connectivity index (χ2n) is 5.49. The Hall–Kier alpha value is -3.18. The molecule has 1 heterocycles. The van der Waals surface area contributed by atoms with Crippen LogP contribution in [0.2, 0.25) is 0 Å². The second-order valence-corrected chi connectivity index (χ2v) is 8.06. The largest absolute Gasteiger partial charge is 0.475 e. The maximum absolute atomic E-state index is 12.8. The first kappa shape index (κ1) is 19.6. The third kappa shape index (κ3) is 3.89. The van der Waals surface area contributed by atoms with Crippen LogP contribution in [0.5, 0.6) is 0 Å². The van der Waals surface area contributed by atoms with Crippen LogP contribution in [0.1, 0.15) is 10.6 Å². The van der Waals surface area contributed by atoms with E-state index in [1.54, 1.807) is 6.07 Å². The van der Waals surface area contributed by atoms with Crippen molar-refractivity contribution >= 4 is 43.3 Å². The van der Waals surface area contributed by atoms with Gasteiger partial charge in [0.15, 0.2) is 4.90 Å². The lowest BCUT2D eigenvalue weighted by molar-refractivity contribution is -0.387. The van der Waals surface area contributed by atoms with Gasteiger partial charge >= 0.3 is 5.97 Å². The number of carboxylic acid groups (broad SMARTS) is 1. The van der Waals surface area contributed by atoms with Crippen LogP contribution >= 0.6 is 15.9 Å². The van der Waals surface area contributed by atoms with Gasteiger partial charge in [-0.3, -0.25) is 14.8 Å². The summed E-state index contributed by atoms with van der Waals surface area (Å²) in [7, 11) is -4.32. The van der Waals surface area contributed by atoms with Crippen molar-refractivity contribution in [1.29, 1.82) is 0 Å². The van der Waals surface area contributed by atoms with Crippen LogP contribution in [-0.4, -0.2) is 24.4 Å². The number of nitro groups is 1. The average molecular weight is 467 g/mol. The molecule has 2 aromatic carbocycles. The molecule has 0 aliphatic carbocycles. The number of carbonyl (C=O) groups is 1. The summed E-state index contributed by atoms with van der Waals surface area (Å²) in [5.74, 6) is -1.47. The smallest absolute Gasteiger partial charge is 0.371 e. The number of nitro benzene ring substituents is 1. The fourth-order valence-corrected chi connectivity index (χ4v) is 4.05. The van der Waals surface area contributed by atoms with E-state index in [0.29, 0.717) is 4.47 Å². The number of para-hydroxylation sites is 1. The summed E-state index contributed by atoms with van der Waals surface area (Å²) < 4.78 is 33.6. The average Bonchev–Trinajstić information content (AvgIpc) is 3.11. The van der Waals surface area contributed by atoms with E-state index in [9.17, 15) is 23.3 Å². The monoisotopic (exact) mass is 466 g/mol. The molecule has 0 fully saturated rings. The highest BCUT2D eigenvalue weighted by Crippen LogP contribution is 2.34. The normalized spacial score (nSPS) is 11.2. The minimum Gasteiger partial charge on any atom is -0.475 e. The third-order valence-electron chi connectivity index (χ3n) is 3.66. The van der Waals surface area contributed by atoms with E-state index < -0.39 is 31.5 Å². The number of anilines is 1. The van der Waals surface area contributed by atoms with Crippen LogP contribution in [0.3, 0.4) is 0 Å². The molecule has 0 unspecified atom stereocenters. The van der Waals surface area contributed by atoms with Gasteiger partial charge < -0.3 is 9.52 Å². The molecule has 1 aromatic heterocycles. The lowest BCUT2D eigenvalue weighted by Crippen LogP contribution is -2.15. The van der Waals surface area contributed by atoms with E-state index in [1.165, 1.54) is 36.4 Å². The Balaban J connectivity index is 2.08. The van der Waals surface area contributed by atoms with E-state index in [1.807, 2.05) is 0 Å². The zero-order chi connectivity index (χ0) is 20.5. The van der Waals surface area contributed by atoms with E-state index in [-0.39, 0.29) is 22.8 Å². The van der Waals surface area contributed by atoms with Crippen molar-refractivity contribution in [2.24, 2.45) is 0 Å². The van der Waals surface area contributed by atoms with Crippen LogP contribution in [0.15, 0.2) is 68.4 Å². The number of benzene rings is 2. The van der Waals surface area contributed by atoms with Crippen LogP contribution < -0.4 is 4.72 Å². The predicted molar refractivity (Wildman–Crippen MR) is 103 cm³/mol. The summed E-state index contributed by atoms with van der Waals surface area (Å²) in [5, 5.41) is 20.2. The van der Waals surface area contributed by atoms with Crippen LogP contribution in [-0.2, 0) is 10.0 Å². The number of hydrogen-bond acceptors (Lipinski definition) is 6. The maximum Gasteiger partial charge on any atom is 0.371 e. The third-order valence-corrected chi connectivity index (χ3v) is 5.57. The van der Waals surface area contributed by atoms with E-state index in [2.05, 4.69) is 20.7 Å². The number of sulfonamides is 1. The number of carboxylic acids is 1.